The van der Waals surface area contributed by atoms with E-state index in [0.717, 1.165) is 10.9 Å². The van der Waals surface area contributed by atoms with Gasteiger partial charge in [0.15, 0.2) is 29.6 Å². The molecule has 190 valence electrons. The van der Waals surface area contributed by atoms with Gasteiger partial charge in [0.1, 0.15) is 34.9 Å². The maximum atomic E-state index is 6.74. The largest absolute Gasteiger partial charge is 0.467 e. The van der Waals surface area contributed by atoms with Crippen LogP contribution >= 0.6 is 35.6 Å². The van der Waals surface area contributed by atoms with E-state index in [9.17, 15) is 0 Å². The highest BCUT2D eigenvalue weighted by Gasteiger charge is 2.66. The molecule has 2 fully saturated rings. The molecule has 2 aromatic heterocycles. The van der Waals surface area contributed by atoms with Crippen molar-refractivity contribution in [1.29, 1.82) is 0 Å². The van der Waals surface area contributed by atoms with Crippen LogP contribution in [0.4, 0.5) is 0 Å². The lowest BCUT2D eigenvalue weighted by Gasteiger charge is -2.34. The van der Waals surface area contributed by atoms with Gasteiger partial charge in [-0.3, -0.25) is 0 Å². The zero-order chi connectivity index (χ0) is 25.2. The Morgan fingerprint density at radius 2 is 2.03 bits per heavy atom. The minimum atomic E-state index is -0.892. The third kappa shape index (κ3) is 3.84. The molecule has 0 aliphatic carbocycles. The summed E-state index contributed by atoms with van der Waals surface area (Å²) in [5.41, 5.74) is 0.560. The standard InChI is InChI=1S/C24H24ClN3O6S2/c1-23(2)33-18-21(28-8-7-13-19(25)26-10-27-20(13)28)32-17(24(18,3)34-23)16(31-22(35)36-4)12-5-6-14-15(9-12)30-11-29-14/h5-10,16-18,21H,11H2,1-4H3/t16?,17-,18+,21-,24-/m1/s1. The van der Waals surface area contributed by atoms with Gasteiger partial charge in [-0.1, -0.05) is 29.4 Å². The minimum Gasteiger partial charge on any atom is -0.467 e. The van der Waals surface area contributed by atoms with E-state index >= 15 is 0 Å². The van der Waals surface area contributed by atoms with E-state index in [1.54, 1.807) is 0 Å². The third-order valence-electron chi connectivity index (χ3n) is 6.68. The second kappa shape index (κ2) is 8.71. The van der Waals surface area contributed by atoms with Gasteiger partial charge in [-0.05, 0) is 63.0 Å². The molecule has 1 aromatic carbocycles. The van der Waals surface area contributed by atoms with Crippen LogP contribution in [0.2, 0.25) is 5.15 Å². The maximum Gasteiger partial charge on any atom is 0.231 e. The maximum absolute atomic E-state index is 6.74. The van der Waals surface area contributed by atoms with Crippen LogP contribution in [0, 0.1) is 0 Å². The third-order valence-corrected chi connectivity index (χ3v) is 8.00. The summed E-state index contributed by atoms with van der Waals surface area (Å²) in [6.07, 6.45) is 2.89. The Bertz CT molecular complexity index is 1350. The number of ether oxygens (including phenoxy) is 6. The van der Waals surface area contributed by atoms with Crippen LogP contribution in [-0.2, 0) is 18.9 Å². The molecule has 36 heavy (non-hydrogen) atoms. The number of aromatic nitrogens is 3. The highest BCUT2D eigenvalue weighted by molar-refractivity contribution is 8.22. The molecule has 0 bridgehead atoms. The SMILES string of the molecule is CSC(=S)OC(c1ccc2c(c1)OCO2)[C@H]1O[C@@H](n2ccc3c(Cl)ncnc32)[C@@H]2OC(C)(C)O[C@]12C. The van der Waals surface area contributed by atoms with Crippen molar-refractivity contribution in [2.75, 3.05) is 13.0 Å². The van der Waals surface area contributed by atoms with Gasteiger partial charge in [-0.2, -0.15) is 0 Å². The minimum absolute atomic E-state index is 0.172. The lowest BCUT2D eigenvalue weighted by Crippen LogP contribution is -2.47. The Labute approximate surface area is 222 Å². The summed E-state index contributed by atoms with van der Waals surface area (Å²) in [4.78, 5) is 8.54. The predicted octanol–water partition coefficient (Wildman–Crippen LogP) is 5.03. The van der Waals surface area contributed by atoms with Gasteiger partial charge in [-0.25, -0.2) is 9.97 Å². The molecule has 6 rings (SSSR count). The van der Waals surface area contributed by atoms with Crippen molar-refractivity contribution >= 4 is 51.0 Å². The molecule has 0 N–H and O–H groups in total. The van der Waals surface area contributed by atoms with Gasteiger partial charge in [0.2, 0.25) is 11.2 Å². The van der Waals surface area contributed by atoms with Crippen molar-refractivity contribution in [2.24, 2.45) is 0 Å². The van der Waals surface area contributed by atoms with E-state index < -0.39 is 35.9 Å². The van der Waals surface area contributed by atoms with E-state index in [4.69, 9.17) is 52.2 Å². The number of halogens is 1. The molecule has 3 aliphatic rings. The molecule has 5 atom stereocenters. The molecular weight excluding hydrogens is 526 g/mol. The number of thiocarbonyl (C=S) groups is 1. The van der Waals surface area contributed by atoms with Gasteiger partial charge in [0.05, 0.1) is 5.39 Å². The van der Waals surface area contributed by atoms with Crippen LogP contribution in [-0.4, -0.2) is 55.6 Å². The van der Waals surface area contributed by atoms with Crippen LogP contribution in [0.5, 0.6) is 11.5 Å². The zero-order valence-electron chi connectivity index (χ0n) is 20.0. The number of hydrogen-bond acceptors (Lipinski definition) is 10. The van der Waals surface area contributed by atoms with Crippen LogP contribution in [0.1, 0.15) is 38.7 Å². The van der Waals surface area contributed by atoms with E-state index in [1.807, 2.05) is 62.1 Å². The van der Waals surface area contributed by atoms with Gasteiger partial charge >= 0.3 is 0 Å². The lowest BCUT2D eigenvalue weighted by atomic mass is 9.88. The molecule has 0 amide bonds. The van der Waals surface area contributed by atoms with E-state index in [2.05, 4.69) is 9.97 Å². The molecule has 0 saturated carbocycles. The van der Waals surface area contributed by atoms with Crippen LogP contribution < -0.4 is 9.47 Å². The first-order valence-electron chi connectivity index (χ1n) is 11.3. The fourth-order valence-corrected chi connectivity index (χ4v) is 5.72. The number of thioether (sulfide) groups is 1. The fourth-order valence-electron chi connectivity index (χ4n) is 5.23. The molecule has 0 spiro atoms. The zero-order valence-corrected chi connectivity index (χ0v) is 22.4. The second-order valence-electron chi connectivity index (χ2n) is 9.40. The van der Waals surface area contributed by atoms with Gasteiger partial charge in [0, 0.05) is 6.20 Å². The molecular formula is C24H24ClN3O6S2. The molecule has 1 unspecified atom stereocenters. The summed E-state index contributed by atoms with van der Waals surface area (Å²) in [6, 6.07) is 7.54. The van der Waals surface area contributed by atoms with Crippen molar-refractivity contribution in [3.05, 3.63) is 47.5 Å². The average molecular weight is 550 g/mol. The molecule has 0 radical (unpaired) electrons. The summed E-state index contributed by atoms with van der Waals surface area (Å²) in [5.74, 6) is 0.463. The van der Waals surface area contributed by atoms with Crippen molar-refractivity contribution in [2.45, 2.75) is 56.7 Å². The van der Waals surface area contributed by atoms with Crippen molar-refractivity contribution in [3.63, 3.8) is 0 Å². The highest BCUT2D eigenvalue weighted by Crippen LogP contribution is 2.54. The monoisotopic (exact) mass is 549 g/mol. The summed E-state index contributed by atoms with van der Waals surface area (Å²) >= 11 is 13.1. The van der Waals surface area contributed by atoms with E-state index in [-0.39, 0.29) is 6.79 Å². The molecule has 3 aliphatic heterocycles. The molecule has 2 saturated heterocycles. The smallest absolute Gasteiger partial charge is 0.231 e. The average Bonchev–Trinajstić information content (AvgIpc) is 3.58. The Hall–Kier alpha value is -2.15. The van der Waals surface area contributed by atoms with Gasteiger partial charge in [-0.15, -0.1) is 0 Å². The van der Waals surface area contributed by atoms with Crippen molar-refractivity contribution < 1.29 is 28.4 Å². The van der Waals surface area contributed by atoms with Gasteiger partial charge in [0.25, 0.3) is 0 Å². The predicted molar refractivity (Wildman–Crippen MR) is 137 cm³/mol. The number of rotatable bonds is 4. The summed E-state index contributed by atoms with van der Waals surface area (Å²) in [6.45, 7) is 5.93. The summed E-state index contributed by atoms with van der Waals surface area (Å²) in [7, 11) is 0. The van der Waals surface area contributed by atoms with Crippen LogP contribution in [0.25, 0.3) is 11.0 Å². The Kier molecular flexibility index (Phi) is 5.86. The number of hydrogen-bond donors (Lipinski definition) is 0. The summed E-state index contributed by atoms with van der Waals surface area (Å²) < 4.78 is 39.4. The van der Waals surface area contributed by atoms with Crippen molar-refractivity contribution in [3.8, 4) is 11.5 Å². The molecule has 9 nitrogen and oxygen atoms in total. The van der Waals surface area contributed by atoms with Crippen LogP contribution in [0.15, 0.2) is 36.8 Å². The quantitative estimate of drug-likeness (QED) is 0.326. The van der Waals surface area contributed by atoms with Gasteiger partial charge < -0.3 is 33.0 Å². The number of fused-ring (bicyclic) bond motifs is 3. The number of benzene rings is 1. The van der Waals surface area contributed by atoms with E-state index in [1.165, 1.54) is 18.1 Å². The van der Waals surface area contributed by atoms with Crippen LogP contribution in [0.3, 0.4) is 0 Å². The normalized spacial score (nSPS) is 28.9. The number of nitrogens with zero attached hydrogens (tertiary/aromatic N) is 3. The fraction of sp³-hybridized carbons (Fsp3) is 0.458. The first kappa shape index (κ1) is 24.2. The Morgan fingerprint density at radius 3 is 2.83 bits per heavy atom. The summed E-state index contributed by atoms with van der Waals surface area (Å²) in [5, 5.41) is 1.09. The highest BCUT2D eigenvalue weighted by atomic mass is 35.5. The Balaban J connectivity index is 1.46. The second-order valence-corrected chi connectivity index (χ2v) is 11.2. The topological polar surface area (TPSA) is 86.1 Å². The first-order chi connectivity index (χ1) is 17.2. The molecule has 5 heterocycles. The Morgan fingerprint density at radius 1 is 1.22 bits per heavy atom. The lowest BCUT2D eigenvalue weighted by molar-refractivity contribution is -0.221. The first-order valence-corrected chi connectivity index (χ1v) is 13.4. The van der Waals surface area contributed by atoms with E-state index in [0.29, 0.717) is 26.7 Å². The molecule has 12 heteroatoms. The van der Waals surface area contributed by atoms with Crippen molar-refractivity contribution in [1.82, 2.24) is 14.5 Å². The molecule has 3 aromatic rings.